The van der Waals surface area contributed by atoms with Crippen molar-refractivity contribution in [2.75, 3.05) is 46.1 Å². The lowest BCUT2D eigenvalue weighted by Gasteiger charge is -2.21. The summed E-state index contributed by atoms with van der Waals surface area (Å²) >= 11 is 0. The number of carbonyl (C=O) groups excluding carboxylic acids is 2. The molecule has 0 saturated heterocycles. The summed E-state index contributed by atoms with van der Waals surface area (Å²) in [5.74, 6) is 0.514. The van der Waals surface area contributed by atoms with Gasteiger partial charge in [-0.2, -0.15) is 0 Å². The second kappa shape index (κ2) is 43.9. The first-order valence-electron chi connectivity index (χ1n) is 23.6. The Morgan fingerprint density at radius 3 is 1.30 bits per heavy atom. The van der Waals surface area contributed by atoms with E-state index in [4.69, 9.17) is 9.47 Å². The van der Waals surface area contributed by atoms with Crippen LogP contribution in [-0.2, 0) is 19.1 Å². The molecular weight excluding hydrogens is 659 g/mol. The highest BCUT2D eigenvalue weighted by Gasteiger charge is 2.12. The van der Waals surface area contributed by atoms with Gasteiger partial charge in [0.25, 0.3) is 0 Å². The second-order valence-electron chi connectivity index (χ2n) is 16.3. The van der Waals surface area contributed by atoms with E-state index in [1.54, 1.807) is 0 Å². The molecule has 1 N–H and O–H groups in total. The van der Waals surface area contributed by atoms with Gasteiger partial charge in [-0.15, -0.1) is 0 Å². The second-order valence-corrected chi connectivity index (χ2v) is 16.3. The van der Waals surface area contributed by atoms with E-state index in [0.29, 0.717) is 26.1 Å². The Morgan fingerprint density at radius 1 is 0.453 bits per heavy atom. The maximum atomic E-state index is 12.6. The van der Waals surface area contributed by atoms with Crippen LogP contribution in [0.2, 0.25) is 0 Å². The molecular formula is C47H93NO5. The topological polar surface area (TPSA) is 76.1 Å². The zero-order chi connectivity index (χ0) is 38.7. The molecule has 6 nitrogen and oxygen atoms in total. The molecule has 0 spiro atoms. The SMILES string of the molecule is CCCCCCCCCCCOCC(=O)CCCCCN(CCO)CCCCCCCCC(=O)COC(CCCCCCCC)CCCCCCCC. The van der Waals surface area contributed by atoms with Gasteiger partial charge in [-0.3, -0.25) is 9.59 Å². The minimum absolute atomic E-state index is 0.200. The number of carbonyl (C=O) groups is 2. The Kier molecular flexibility index (Phi) is 43.2. The molecule has 0 bridgehead atoms. The van der Waals surface area contributed by atoms with Crippen molar-refractivity contribution in [2.45, 2.75) is 245 Å². The molecule has 0 saturated carbocycles. The smallest absolute Gasteiger partial charge is 0.158 e. The van der Waals surface area contributed by atoms with E-state index in [2.05, 4.69) is 25.7 Å². The van der Waals surface area contributed by atoms with Crippen LogP contribution >= 0.6 is 0 Å². The van der Waals surface area contributed by atoms with Crippen LogP contribution in [0.3, 0.4) is 0 Å². The van der Waals surface area contributed by atoms with Crippen LogP contribution in [0.25, 0.3) is 0 Å². The van der Waals surface area contributed by atoms with E-state index >= 15 is 0 Å². The molecule has 0 aliphatic rings. The van der Waals surface area contributed by atoms with Gasteiger partial charge in [0.2, 0.25) is 0 Å². The van der Waals surface area contributed by atoms with Crippen molar-refractivity contribution in [2.24, 2.45) is 0 Å². The zero-order valence-electron chi connectivity index (χ0n) is 36.1. The molecule has 316 valence electrons. The van der Waals surface area contributed by atoms with Gasteiger partial charge in [-0.25, -0.2) is 0 Å². The number of nitrogens with zero attached hydrogens (tertiary/aromatic N) is 1. The van der Waals surface area contributed by atoms with Crippen molar-refractivity contribution in [3.8, 4) is 0 Å². The molecule has 6 heteroatoms. The zero-order valence-corrected chi connectivity index (χ0v) is 36.1. The molecule has 0 unspecified atom stereocenters. The highest BCUT2D eigenvalue weighted by Crippen LogP contribution is 2.18. The fraction of sp³-hybridized carbons (Fsp3) is 0.957. The summed E-state index contributed by atoms with van der Waals surface area (Å²) in [5.41, 5.74) is 0. The summed E-state index contributed by atoms with van der Waals surface area (Å²) in [7, 11) is 0. The Labute approximate surface area is 331 Å². The normalized spacial score (nSPS) is 11.7. The Morgan fingerprint density at radius 2 is 0.830 bits per heavy atom. The van der Waals surface area contributed by atoms with Crippen LogP contribution in [0.15, 0.2) is 0 Å². The lowest BCUT2D eigenvalue weighted by atomic mass is 10.0. The van der Waals surface area contributed by atoms with E-state index in [9.17, 15) is 14.7 Å². The van der Waals surface area contributed by atoms with E-state index in [0.717, 1.165) is 77.4 Å². The van der Waals surface area contributed by atoms with Gasteiger partial charge in [0.15, 0.2) is 11.6 Å². The number of Topliss-reactive ketones (excluding diaryl/α,β-unsaturated/α-hetero) is 2. The van der Waals surface area contributed by atoms with E-state index in [1.807, 2.05) is 0 Å². The van der Waals surface area contributed by atoms with Gasteiger partial charge >= 0.3 is 0 Å². The van der Waals surface area contributed by atoms with Gasteiger partial charge < -0.3 is 19.5 Å². The summed E-state index contributed by atoms with van der Waals surface area (Å²) in [6.07, 6.45) is 41.0. The molecule has 0 fully saturated rings. The van der Waals surface area contributed by atoms with Crippen LogP contribution < -0.4 is 0 Å². The third-order valence-corrected chi connectivity index (χ3v) is 10.9. The number of hydrogen-bond acceptors (Lipinski definition) is 6. The Balaban J connectivity index is 3.88. The number of hydrogen-bond donors (Lipinski definition) is 1. The predicted molar refractivity (Wildman–Crippen MR) is 228 cm³/mol. The average Bonchev–Trinajstić information content (AvgIpc) is 3.16. The standard InChI is InChI=1S/C47H93NO5/c1-4-7-10-13-16-17-20-25-33-42-52-43-45(50)34-28-26-32-39-48(40-41-49)38-31-24-19-18-21-27-35-46(51)44-53-47(36-29-22-14-11-8-5-2)37-30-23-15-12-9-6-3/h47,49H,4-44H2,1-3H3. The van der Waals surface area contributed by atoms with E-state index in [-0.39, 0.29) is 30.9 Å². The number of unbranched alkanes of at least 4 members (excludes halogenated alkanes) is 25. The number of ketones is 2. The van der Waals surface area contributed by atoms with Gasteiger partial charge in [0.05, 0.1) is 12.7 Å². The summed E-state index contributed by atoms with van der Waals surface area (Å²) in [6, 6.07) is 0. The van der Waals surface area contributed by atoms with Crippen LogP contribution in [0.4, 0.5) is 0 Å². The lowest BCUT2D eigenvalue weighted by molar-refractivity contribution is -0.126. The monoisotopic (exact) mass is 752 g/mol. The summed E-state index contributed by atoms with van der Waals surface area (Å²) in [6.45, 7) is 11.0. The highest BCUT2D eigenvalue weighted by molar-refractivity contribution is 5.79. The molecule has 0 rings (SSSR count). The van der Waals surface area contributed by atoms with Gasteiger partial charge in [-0.05, 0) is 58.0 Å². The fourth-order valence-corrected chi connectivity index (χ4v) is 7.35. The minimum atomic E-state index is 0.200. The number of aliphatic hydroxyl groups is 1. The van der Waals surface area contributed by atoms with Crippen LogP contribution in [0, 0.1) is 0 Å². The summed E-state index contributed by atoms with van der Waals surface area (Å²) < 4.78 is 11.8. The molecule has 0 aromatic rings. The Bertz CT molecular complexity index is 730. The first-order chi connectivity index (χ1) is 26.1. The third-order valence-electron chi connectivity index (χ3n) is 10.9. The van der Waals surface area contributed by atoms with Gasteiger partial charge in [-0.1, -0.05) is 181 Å². The molecule has 0 heterocycles. The maximum absolute atomic E-state index is 12.6. The first-order valence-corrected chi connectivity index (χ1v) is 23.6. The molecule has 0 aliphatic heterocycles. The minimum Gasteiger partial charge on any atom is -0.395 e. The lowest BCUT2D eigenvalue weighted by Crippen LogP contribution is -2.29. The van der Waals surface area contributed by atoms with Crippen molar-refractivity contribution < 1.29 is 24.2 Å². The predicted octanol–water partition coefficient (Wildman–Crippen LogP) is 13.1. The van der Waals surface area contributed by atoms with Crippen LogP contribution in [-0.4, -0.2) is 73.7 Å². The van der Waals surface area contributed by atoms with Gasteiger partial charge in [0, 0.05) is 26.0 Å². The van der Waals surface area contributed by atoms with Gasteiger partial charge in [0.1, 0.15) is 13.2 Å². The molecule has 53 heavy (non-hydrogen) atoms. The quantitative estimate of drug-likeness (QED) is 0.0624. The molecule has 0 atom stereocenters. The van der Waals surface area contributed by atoms with Crippen LogP contribution in [0.1, 0.15) is 239 Å². The van der Waals surface area contributed by atoms with Crippen molar-refractivity contribution in [1.82, 2.24) is 4.90 Å². The molecule has 0 aromatic carbocycles. The highest BCUT2D eigenvalue weighted by atomic mass is 16.5. The molecule has 0 aliphatic carbocycles. The fourth-order valence-electron chi connectivity index (χ4n) is 7.35. The molecule has 0 amide bonds. The van der Waals surface area contributed by atoms with Crippen molar-refractivity contribution in [3.05, 3.63) is 0 Å². The Hall–Kier alpha value is -0.820. The summed E-state index contributed by atoms with van der Waals surface area (Å²) in [4.78, 5) is 27.2. The number of rotatable bonds is 46. The number of aliphatic hydroxyl groups excluding tert-OH is 1. The largest absolute Gasteiger partial charge is 0.395 e. The first kappa shape index (κ1) is 52.2. The van der Waals surface area contributed by atoms with Crippen molar-refractivity contribution in [3.63, 3.8) is 0 Å². The third kappa shape index (κ3) is 40.7. The van der Waals surface area contributed by atoms with Crippen molar-refractivity contribution >= 4 is 11.6 Å². The van der Waals surface area contributed by atoms with Crippen molar-refractivity contribution in [1.29, 1.82) is 0 Å². The molecule has 0 radical (unpaired) electrons. The summed E-state index contributed by atoms with van der Waals surface area (Å²) in [5, 5.41) is 9.54. The average molecular weight is 752 g/mol. The van der Waals surface area contributed by atoms with E-state index in [1.165, 1.54) is 148 Å². The van der Waals surface area contributed by atoms with Crippen LogP contribution in [0.5, 0.6) is 0 Å². The maximum Gasteiger partial charge on any atom is 0.158 e. The number of ether oxygens (including phenoxy) is 2. The van der Waals surface area contributed by atoms with E-state index < -0.39 is 0 Å². The molecule has 0 aromatic heterocycles.